The number of carbonyl (C=O) groups is 2. The molecule has 2 heterocycles. The van der Waals surface area contributed by atoms with Gasteiger partial charge >= 0.3 is 0 Å². The maximum atomic E-state index is 11.7. The lowest BCUT2D eigenvalue weighted by atomic mass is 10.1. The van der Waals surface area contributed by atoms with E-state index in [1.165, 1.54) is 0 Å². The maximum Gasteiger partial charge on any atom is 0.252 e. The van der Waals surface area contributed by atoms with Gasteiger partial charge in [-0.1, -0.05) is 0 Å². The molecule has 2 amide bonds. The second-order valence-electron chi connectivity index (χ2n) is 4.96. The topological polar surface area (TPSA) is 114 Å². The van der Waals surface area contributed by atoms with Crippen LogP contribution >= 0.6 is 0 Å². The molecule has 1 fully saturated rings. The Morgan fingerprint density at radius 2 is 2.10 bits per heavy atom. The number of nitrogens with zero attached hydrogens (tertiary/aromatic N) is 2. The van der Waals surface area contributed by atoms with E-state index in [4.69, 9.17) is 11.5 Å². The molecule has 1 aliphatic heterocycles. The van der Waals surface area contributed by atoms with E-state index in [2.05, 4.69) is 10.3 Å². The summed E-state index contributed by atoms with van der Waals surface area (Å²) in [6, 6.07) is 1.26. The number of primary amides is 2. The van der Waals surface area contributed by atoms with Gasteiger partial charge in [0.05, 0.1) is 5.56 Å². The summed E-state index contributed by atoms with van der Waals surface area (Å²) >= 11 is 0. The van der Waals surface area contributed by atoms with Crippen LogP contribution in [-0.4, -0.2) is 42.5 Å². The molecule has 0 aliphatic carbocycles. The summed E-state index contributed by atoms with van der Waals surface area (Å²) in [5.74, 6) is -0.555. The van der Waals surface area contributed by atoms with Crippen LogP contribution in [-0.2, 0) is 4.79 Å². The van der Waals surface area contributed by atoms with Crippen molar-refractivity contribution in [3.63, 3.8) is 0 Å². The number of hydrogen-bond acceptors (Lipinski definition) is 5. The van der Waals surface area contributed by atoms with Crippen molar-refractivity contribution >= 4 is 17.6 Å². The first-order valence-electron chi connectivity index (χ1n) is 6.46. The number of hydrogen-bond donors (Lipinski definition) is 3. The SMILES string of the molecule is Cc1cc(C)c(C(N)=O)c(N2CCNCC2C(N)=O)n1. The molecule has 1 aromatic heterocycles. The Morgan fingerprint density at radius 1 is 1.40 bits per heavy atom. The highest BCUT2D eigenvalue weighted by atomic mass is 16.2. The first-order chi connectivity index (χ1) is 9.41. The van der Waals surface area contributed by atoms with Crippen molar-refractivity contribution in [1.82, 2.24) is 10.3 Å². The van der Waals surface area contributed by atoms with Crippen LogP contribution in [0.15, 0.2) is 6.07 Å². The minimum absolute atomic E-state index is 0.351. The van der Waals surface area contributed by atoms with Crippen molar-refractivity contribution in [3.8, 4) is 0 Å². The molecule has 7 nitrogen and oxygen atoms in total. The largest absolute Gasteiger partial charge is 0.368 e. The Bertz CT molecular complexity index is 558. The molecule has 1 aliphatic rings. The van der Waals surface area contributed by atoms with Gasteiger partial charge in [0, 0.05) is 25.3 Å². The van der Waals surface area contributed by atoms with Gasteiger partial charge in [-0.3, -0.25) is 9.59 Å². The summed E-state index contributed by atoms with van der Waals surface area (Å²) in [5, 5.41) is 3.11. The molecule has 5 N–H and O–H groups in total. The van der Waals surface area contributed by atoms with E-state index < -0.39 is 17.9 Å². The van der Waals surface area contributed by atoms with Gasteiger partial charge in [-0.2, -0.15) is 0 Å². The van der Waals surface area contributed by atoms with Crippen molar-refractivity contribution in [2.75, 3.05) is 24.5 Å². The fourth-order valence-electron chi connectivity index (χ4n) is 2.54. The fourth-order valence-corrected chi connectivity index (χ4v) is 2.54. The normalized spacial score (nSPS) is 18.9. The molecule has 0 radical (unpaired) electrons. The van der Waals surface area contributed by atoms with Crippen molar-refractivity contribution in [2.45, 2.75) is 19.9 Å². The highest BCUT2D eigenvalue weighted by Crippen LogP contribution is 2.24. The predicted octanol–water partition coefficient (Wildman–Crippen LogP) is -0.939. The highest BCUT2D eigenvalue weighted by Gasteiger charge is 2.31. The summed E-state index contributed by atoms with van der Waals surface area (Å²) in [4.78, 5) is 29.4. The molecule has 2 rings (SSSR count). The minimum atomic E-state index is -0.549. The monoisotopic (exact) mass is 277 g/mol. The molecule has 7 heteroatoms. The minimum Gasteiger partial charge on any atom is -0.368 e. The first-order valence-corrected chi connectivity index (χ1v) is 6.46. The Kier molecular flexibility index (Phi) is 3.89. The number of pyridine rings is 1. The van der Waals surface area contributed by atoms with Crippen LogP contribution in [0.4, 0.5) is 5.82 Å². The summed E-state index contributed by atoms with van der Waals surface area (Å²) in [6.07, 6.45) is 0. The lowest BCUT2D eigenvalue weighted by molar-refractivity contribution is -0.119. The molecule has 20 heavy (non-hydrogen) atoms. The van der Waals surface area contributed by atoms with E-state index in [0.717, 1.165) is 11.3 Å². The van der Waals surface area contributed by atoms with Crippen LogP contribution in [0.2, 0.25) is 0 Å². The van der Waals surface area contributed by atoms with Crippen LogP contribution < -0.4 is 21.7 Å². The van der Waals surface area contributed by atoms with Crippen LogP contribution in [0.1, 0.15) is 21.6 Å². The van der Waals surface area contributed by atoms with Crippen molar-refractivity contribution in [1.29, 1.82) is 0 Å². The third kappa shape index (κ3) is 2.57. The zero-order chi connectivity index (χ0) is 14.9. The van der Waals surface area contributed by atoms with E-state index in [1.54, 1.807) is 17.9 Å². The molecule has 1 saturated heterocycles. The molecule has 1 unspecified atom stereocenters. The Labute approximate surface area is 117 Å². The number of aryl methyl sites for hydroxylation is 2. The van der Waals surface area contributed by atoms with E-state index in [9.17, 15) is 9.59 Å². The standard InChI is InChI=1S/C13H19N5O2/c1-7-5-8(2)17-13(10(7)12(15)20)18-4-3-16-6-9(18)11(14)19/h5,9,16H,3-4,6H2,1-2H3,(H2,14,19)(H2,15,20). The zero-order valence-electron chi connectivity index (χ0n) is 11.6. The van der Waals surface area contributed by atoms with E-state index >= 15 is 0 Å². The van der Waals surface area contributed by atoms with E-state index in [0.29, 0.717) is 31.0 Å². The second-order valence-corrected chi connectivity index (χ2v) is 4.96. The van der Waals surface area contributed by atoms with Crippen LogP contribution in [0.3, 0.4) is 0 Å². The van der Waals surface area contributed by atoms with Crippen molar-refractivity contribution in [2.24, 2.45) is 11.5 Å². The quantitative estimate of drug-likeness (QED) is 0.660. The number of rotatable bonds is 3. The fraction of sp³-hybridized carbons (Fsp3) is 0.462. The lowest BCUT2D eigenvalue weighted by Crippen LogP contribution is -2.57. The number of nitrogens with two attached hydrogens (primary N) is 2. The number of carbonyl (C=O) groups excluding carboxylic acids is 2. The Hall–Kier alpha value is -2.15. The molecular formula is C13H19N5O2. The summed E-state index contributed by atoms with van der Waals surface area (Å²) < 4.78 is 0. The van der Waals surface area contributed by atoms with Crippen molar-refractivity contribution in [3.05, 3.63) is 22.9 Å². The van der Waals surface area contributed by atoms with Crippen LogP contribution in [0.5, 0.6) is 0 Å². The molecule has 0 spiro atoms. The van der Waals surface area contributed by atoms with E-state index in [1.807, 2.05) is 6.92 Å². The number of aromatic nitrogens is 1. The third-order valence-electron chi connectivity index (χ3n) is 3.42. The summed E-state index contributed by atoms with van der Waals surface area (Å²) in [7, 11) is 0. The molecule has 0 saturated carbocycles. The van der Waals surface area contributed by atoms with Crippen molar-refractivity contribution < 1.29 is 9.59 Å². The Morgan fingerprint density at radius 3 is 2.70 bits per heavy atom. The predicted molar refractivity (Wildman–Crippen MR) is 75.4 cm³/mol. The Balaban J connectivity index is 2.54. The van der Waals surface area contributed by atoms with Gasteiger partial charge in [0.15, 0.2) is 0 Å². The average Bonchev–Trinajstić information content (AvgIpc) is 2.37. The van der Waals surface area contributed by atoms with Gasteiger partial charge in [0.25, 0.3) is 5.91 Å². The van der Waals surface area contributed by atoms with Gasteiger partial charge < -0.3 is 21.7 Å². The second kappa shape index (κ2) is 5.46. The smallest absolute Gasteiger partial charge is 0.252 e. The van der Waals surface area contributed by atoms with Gasteiger partial charge in [0.2, 0.25) is 5.91 Å². The molecule has 1 atom stereocenters. The van der Waals surface area contributed by atoms with E-state index in [-0.39, 0.29) is 0 Å². The number of amides is 2. The molecule has 0 aromatic carbocycles. The molecular weight excluding hydrogens is 258 g/mol. The first kappa shape index (κ1) is 14.3. The molecule has 1 aromatic rings. The highest BCUT2D eigenvalue weighted by molar-refractivity contribution is 6.00. The summed E-state index contributed by atoms with van der Waals surface area (Å²) in [6.45, 7) is 5.31. The third-order valence-corrected chi connectivity index (χ3v) is 3.42. The zero-order valence-corrected chi connectivity index (χ0v) is 11.6. The maximum absolute atomic E-state index is 11.7. The van der Waals surface area contributed by atoms with Gasteiger partial charge in [0.1, 0.15) is 11.9 Å². The van der Waals surface area contributed by atoms with Crippen LogP contribution in [0.25, 0.3) is 0 Å². The number of nitrogens with one attached hydrogen (secondary N) is 1. The number of piperazine rings is 1. The number of anilines is 1. The van der Waals surface area contributed by atoms with Gasteiger partial charge in [-0.25, -0.2) is 4.98 Å². The van der Waals surface area contributed by atoms with Gasteiger partial charge in [-0.05, 0) is 25.5 Å². The van der Waals surface area contributed by atoms with Gasteiger partial charge in [-0.15, -0.1) is 0 Å². The average molecular weight is 277 g/mol. The van der Waals surface area contributed by atoms with Crippen LogP contribution in [0, 0.1) is 13.8 Å². The summed E-state index contributed by atoms with van der Waals surface area (Å²) in [5.41, 5.74) is 12.8. The lowest BCUT2D eigenvalue weighted by Gasteiger charge is -2.36. The molecule has 108 valence electrons. The molecule has 0 bridgehead atoms.